The SMILES string of the molecule is CCNC(CC1CC2CCC1C2)c1ccc(F)c(Br)c1. The van der Waals surface area contributed by atoms with Crippen molar-refractivity contribution in [1.29, 1.82) is 0 Å². The van der Waals surface area contributed by atoms with E-state index in [0.717, 1.165) is 24.3 Å². The lowest BCUT2D eigenvalue weighted by Crippen LogP contribution is -2.25. The smallest absolute Gasteiger partial charge is 0.137 e. The largest absolute Gasteiger partial charge is 0.310 e. The molecule has 20 heavy (non-hydrogen) atoms. The Morgan fingerprint density at radius 3 is 2.80 bits per heavy atom. The Bertz CT molecular complexity index is 476. The normalized spacial score (nSPS) is 29.9. The minimum atomic E-state index is -0.177. The Labute approximate surface area is 129 Å². The number of benzene rings is 1. The van der Waals surface area contributed by atoms with E-state index in [0.29, 0.717) is 10.5 Å². The molecule has 2 aliphatic carbocycles. The monoisotopic (exact) mass is 339 g/mol. The third kappa shape index (κ3) is 2.94. The molecular weight excluding hydrogens is 317 g/mol. The van der Waals surface area contributed by atoms with E-state index in [1.807, 2.05) is 12.1 Å². The van der Waals surface area contributed by atoms with E-state index < -0.39 is 0 Å². The molecule has 2 bridgehead atoms. The summed E-state index contributed by atoms with van der Waals surface area (Å²) in [5, 5.41) is 3.59. The third-order valence-electron chi connectivity index (χ3n) is 5.22. The van der Waals surface area contributed by atoms with Crippen molar-refractivity contribution in [2.75, 3.05) is 6.54 Å². The maximum Gasteiger partial charge on any atom is 0.137 e. The number of rotatable bonds is 5. The van der Waals surface area contributed by atoms with E-state index in [1.165, 1.54) is 37.7 Å². The van der Waals surface area contributed by atoms with Crippen molar-refractivity contribution in [3.63, 3.8) is 0 Å². The van der Waals surface area contributed by atoms with Crippen molar-refractivity contribution in [1.82, 2.24) is 5.32 Å². The first-order chi connectivity index (χ1) is 9.67. The lowest BCUT2D eigenvalue weighted by atomic mass is 9.83. The van der Waals surface area contributed by atoms with Crippen molar-refractivity contribution >= 4 is 15.9 Å². The molecule has 0 saturated heterocycles. The highest BCUT2D eigenvalue weighted by Gasteiger charge is 2.40. The van der Waals surface area contributed by atoms with Crippen molar-refractivity contribution in [2.45, 2.75) is 45.1 Å². The molecule has 0 spiro atoms. The van der Waals surface area contributed by atoms with Gasteiger partial charge in [-0.05, 0) is 83.6 Å². The summed E-state index contributed by atoms with van der Waals surface area (Å²) in [6.07, 6.45) is 6.95. The van der Waals surface area contributed by atoms with Crippen LogP contribution < -0.4 is 5.32 Å². The molecule has 1 N–H and O–H groups in total. The number of halogens is 2. The zero-order valence-corrected chi connectivity index (χ0v) is 13.6. The molecule has 0 aromatic heterocycles. The fourth-order valence-corrected chi connectivity index (χ4v) is 4.68. The summed E-state index contributed by atoms with van der Waals surface area (Å²) in [5.41, 5.74) is 1.21. The van der Waals surface area contributed by atoms with Crippen LogP contribution >= 0.6 is 15.9 Å². The van der Waals surface area contributed by atoms with Crippen LogP contribution in [0.25, 0.3) is 0 Å². The molecule has 0 amide bonds. The van der Waals surface area contributed by atoms with Gasteiger partial charge in [-0.1, -0.05) is 19.4 Å². The van der Waals surface area contributed by atoms with Crippen molar-refractivity contribution < 1.29 is 4.39 Å². The van der Waals surface area contributed by atoms with Crippen molar-refractivity contribution in [2.24, 2.45) is 17.8 Å². The van der Waals surface area contributed by atoms with Crippen LogP contribution in [0.15, 0.2) is 22.7 Å². The van der Waals surface area contributed by atoms with E-state index in [2.05, 4.69) is 28.2 Å². The van der Waals surface area contributed by atoms with Crippen LogP contribution in [0.5, 0.6) is 0 Å². The fourth-order valence-electron chi connectivity index (χ4n) is 4.28. The van der Waals surface area contributed by atoms with Gasteiger partial charge in [-0.2, -0.15) is 0 Å². The van der Waals surface area contributed by atoms with E-state index in [9.17, 15) is 4.39 Å². The Morgan fingerprint density at radius 2 is 2.20 bits per heavy atom. The van der Waals surface area contributed by atoms with Gasteiger partial charge in [0.25, 0.3) is 0 Å². The predicted octanol–water partition coefficient (Wildman–Crippen LogP) is 5.07. The molecule has 0 heterocycles. The summed E-state index contributed by atoms with van der Waals surface area (Å²) in [4.78, 5) is 0. The van der Waals surface area contributed by atoms with Crippen LogP contribution in [-0.2, 0) is 0 Å². The highest BCUT2D eigenvalue weighted by Crippen LogP contribution is 2.51. The molecule has 1 aromatic rings. The summed E-state index contributed by atoms with van der Waals surface area (Å²) in [7, 11) is 0. The Kier molecular flexibility index (Phi) is 4.46. The molecule has 3 heteroatoms. The molecule has 1 nitrogen and oxygen atoms in total. The number of nitrogens with one attached hydrogen (secondary N) is 1. The highest BCUT2D eigenvalue weighted by molar-refractivity contribution is 9.10. The Morgan fingerprint density at radius 1 is 1.35 bits per heavy atom. The lowest BCUT2D eigenvalue weighted by Gasteiger charge is -2.27. The zero-order chi connectivity index (χ0) is 14.1. The standard InChI is InChI=1S/C17H23BrFN/c1-2-20-17(13-5-6-16(19)15(18)9-13)10-14-8-11-3-4-12(14)7-11/h5-6,9,11-12,14,17,20H,2-4,7-8,10H2,1H3. The molecule has 2 fully saturated rings. The maximum absolute atomic E-state index is 13.4. The van der Waals surface area contributed by atoms with Crippen molar-refractivity contribution in [3.05, 3.63) is 34.1 Å². The second-order valence-electron chi connectivity index (χ2n) is 6.45. The quantitative estimate of drug-likeness (QED) is 0.789. The van der Waals surface area contributed by atoms with Crippen LogP contribution in [0.4, 0.5) is 4.39 Å². The average Bonchev–Trinajstić information content (AvgIpc) is 3.04. The summed E-state index contributed by atoms with van der Waals surface area (Å²) in [6, 6.07) is 5.81. The van der Waals surface area contributed by atoms with E-state index in [1.54, 1.807) is 6.07 Å². The van der Waals surface area contributed by atoms with Crippen LogP contribution in [0.3, 0.4) is 0 Å². The predicted molar refractivity (Wildman–Crippen MR) is 84.1 cm³/mol. The first-order valence-electron chi connectivity index (χ1n) is 7.85. The molecule has 4 atom stereocenters. The van der Waals surface area contributed by atoms with Gasteiger partial charge in [0, 0.05) is 6.04 Å². The third-order valence-corrected chi connectivity index (χ3v) is 5.83. The minimum Gasteiger partial charge on any atom is -0.310 e. The van der Waals surface area contributed by atoms with Gasteiger partial charge >= 0.3 is 0 Å². The topological polar surface area (TPSA) is 12.0 Å². The second kappa shape index (κ2) is 6.15. The number of hydrogen-bond acceptors (Lipinski definition) is 1. The molecular formula is C17H23BrFN. The van der Waals surface area contributed by atoms with Gasteiger partial charge in [0.1, 0.15) is 5.82 Å². The highest BCUT2D eigenvalue weighted by atomic mass is 79.9. The van der Waals surface area contributed by atoms with Crippen LogP contribution in [0.1, 0.15) is 50.6 Å². The van der Waals surface area contributed by atoms with E-state index >= 15 is 0 Å². The summed E-state index contributed by atoms with van der Waals surface area (Å²) in [5.74, 6) is 2.63. The summed E-state index contributed by atoms with van der Waals surface area (Å²) in [6.45, 7) is 3.10. The molecule has 2 saturated carbocycles. The van der Waals surface area contributed by atoms with Gasteiger partial charge in [-0.15, -0.1) is 0 Å². The van der Waals surface area contributed by atoms with Gasteiger partial charge in [-0.3, -0.25) is 0 Å². The van der Waals surface area contributed by atoms with Gasteiger partial charge < -0.3 is 5.32 Å². The van der Waals surface area contributed by atoms with Gasteiger partial charge in [0.2, 0.25) is 0 Å². The average molecular weight is 340 g/mol. The Balaban J connectivity index is 1.73. The number of hydrogen-bond donors (Lipinski definition) is 1. The van der Waals surface area contributed by atoms with Gasteiger partial charge in [-0.25, -0.2) is 4.39 Å². The minimum absolute atomic E-state index is 0.177. The first-order valence-corrected chi connectivity index (χ1v) is 8.65. The van der Waals surface area contributed by atoms with E-state index in [-0.39, 0.29) is 5.82 Å². The second-order valence-corrected chi connectivity index (χ2v) is 7.31. The fraction of sp³-hybridized carbons (Fsp3) is 0.647. The molecule has 2 aliphatic rings. The molecule has 1 aromatic carbocycles. The molecule has 3 rings (SSSR count). The Hall–Kier alpha value is -0.410. The van der Waals surface area contributed by atoms with Crippen molar-refractivity contribution in [3.8, 4) is 0 Å². The first kappa shape index (κ1) is 14.5. The van der Waals surface area contributed by atoms with Gasteiger partial charge in [0.15, 0.2) is 0 Å². The zero-order valence-electron chi connectivity index (χ0n) is 12.0. The lowest BCUT2D eigenvalue weighted by molar-refractivity contribution is 0.280. The molecule has 0 aliphatic heterocycles. The van der Waals surface area contributed by atoms with Crippen LogP contribution in [0, 0.1) is 23.6 Å². The molecule has 4 unspecified atom stereocenters. The molecule has 0 radical (unpaired) electrons. The maximum atomic E-state index is 13.4. The summed E-state index contributed by atoms with van der Waals surface area (Å²) >= 11 is 3.31. The van der Waals surface area contributed by atoms with Crippen LogP contribution in [-0.4, -0.2) is 6.54 Å². The van der Waals surface area contributed by atoms with E-state index in [4.69, 9.17) is 0 Å². The number of fused-ring (bicyclic) bond motifs is 2. The molecule has 110 valence electrons. The summed E-state index contributed by atoms with van der Waals surface area (Å²) < 4.78 is 14.0. The van der Waals surface area contributed by atoms with Crippen LogP contribution in [0.2, 0.25) is 0 Å². The van der Waals surface area contributed by atoms with Gasteiger partial charge in [0.05, 0.1) is 4.47 Å².